The van der Waals surface area contributed by atoms with Crippen LogP contribution in [0.1, 0.15) is 42.2 Å². The first-order chi connectivity index (χ1) is 13.1. The summed E-state index contributed by atoms with van der Waals surface area (Å²) in [5, 5.41) is 7.39. The van der Waals surface area contributed by atoms with Crippen LogP contribution in [0, 0.1) is 6.92 Å². The number of carbonyl (C=O) groups is 2. The van der Waals surface area contributed by atoms with Crippen molar-refractivity contribution in [3.05, 3.63) is 47.8 Å². The third kappa shape index (κ3) is 4.19. The maximum absolute atomic E-state index is 13.0. The van der Waals surface area contributed by atoms with Crippen LogP contribution in [-0.4, -0.2) is 57.9 Å². The Morgan fingerprint density at radius 1 is 1.15 bits per heavy atom. The van der Waals surface area contributed by atoms with E-state index in [1.165, 1.54) is 10.0 Å². The van der Waals surface area contributed by atoms with Crippen LogP contribution in [0.25, 0.3) is 5.69 Å². The van der Waals surface area contributed by atoms with Crippen LogP contribution in [0.3, 0.4) is 0 Å². The summed E-state index contributed by atoms with van der Waals surface area (Å²) in [5.41, 5.74) is 2.16. The minimum absolute atomic E-state index is 0.00599. The molecule has 7 nitrogen and oxygen atoms in total. The van der Waals surface area contributed by atoms with Crippen LogP contribution in [0.2, 0.25) is 0 Å². The highest BCUT2D eigenvalue weighted by molar-refractivity contribution is 5.96. The van der Waals surface area contributed by atoms with E-state index < -0.39 is 0 Å². The number of aromatic nitrogens is 2. The summed E-state index contributed by atoms with van der Waals surface area (Å²) in [6.07, 6.45) is 4.28. The van der Waals surface area contributed by atoms with Gasteiger partial charge in [-0.15, -0.1) is 0 Å². The molecule has 2 heterocycles. The number of nitrogens with zero attached hydrogens (tertiary/aromatic N) is 4. The number of ether oxygens (including phenoxy) is 1. The van der Waals surface area contributed by atoms with Crippen molar-refractivity contribution in [2.75, 3.05) is 26.3 Å². The summed E-state index contributed by atoms with van der Waals surface area (Å²) in [5.74, 6) is -0.376. The lowest BCUT2D eigenvalue weighted by Gasteiger charge is -2.27. The second kappa shape index (κ2) is 8.81. The molecule has 0 aliphatic carbocycles. The smallest absolute Gasteiger partial charge is 0.275 e. The van der Waals surface area contributed by atoms with Crippen LogP contribution >= 0.6 is 0 Å². The zero-order valence-corrected chi connectivity index (χ0v) is 15.9. The van der Waals surface area contributed by atoms with Gasteiger partial charge in [0.1, 0.15) is 6.61 Å². The second-order valence-corrected chi connectivity index (χ2v) is 6.60. The van der Waals surface area contributed by atoms with Crippen LogP contribution < -0.4 is 0 Å². The maximum Gasteiger partial charge on any atom is 0.275 e. The van der Waals surface area contributed by atoms with Gasteiger partial charge in [0.15, 0.2) is 0 Å². The van der Waals surface area contributed by atoms with Crippen molar-refractivity contribution < 1.29 is 14.3 Å². The number of carbonyl (C=O) groups excluding carboxylic acids is 2. The first kappa shape index (κ1) is 19.1. The summed E-state index contributed by atoms with van der Waals surface area (Å²) in [7, 11) is 0. The van der Waals surface area contributed by atoms with Gasteiger partial charge in [-0.05, 0) is 31.9 Å². The summed E-state index contributed by atoms with van der Waals surface area (Å²) in [6.45, 7) is 5.56. The van der Waals surface area contributed by atoms with E-state index >= 15 is 0 Å². The van der Waals surface area contributed by atoms with Gasteiger partial charge in [-0.25, -0.2) is 14.7 Å². The molecule has 1 aromatic carbocycles. The molecule has 0 unspecified atom stereocenters. The predicted molar refractivity (Wildman–Crippen MR) is 101 cm³/mol. The standard InChI is InChI=1S/C20H26N4O3/c1-3-4-13-27-15-19(25)22-11-8-12-23(22)20(26)18-14-21-24(16(18)2)17-9-6-5-7-10-17/h5-7,9-10,14H,3-4,8,11-13,15H2,1-2H3. The van der Waals surface area contributed by atoms with Gasteiger partial charge in [-0.3, -0.25) is 9.59 Å². The maximum atomic E-state index is 13.0. The van der Waals surface area contributed by atoms with Gasteiger partial charge in [0.2, 0.25) is 0 Å². The van der Waals surface area contributed by atoms with Crippen molar-refractivity contribution in [1.29, 1.82) is 0 Å². The number of benzene rings is 1. The predicted octanol–water partition coefficient (Wildman–Crippen LogP) is 2.59. The third-order valence-electron chi connectivity index (χ3n) is 4.66. The van der Waals surface area contributed by atoms with Gasteiger partial charge in [-0.1, -0.05) is 31.5 Å². The largest absolute Gasteiger partial charge is 0.372 e. The Morgan fingerprint density at radius 3 is 2.63 bits per heavy atom. The van der Waals surface area contributed by atoms with Gasteiger partial charge < -0.3 is 4.74 Å². The van der Waals surface area contributed by atoms with Gasteiger partial charge in [0.05, 0.1) is 23.1 Å². The third-order valence-corrected chi connectivity index (χ3v) is 4.66. The number of para-hydroxylation sites is 1. The number of amides is 2. The Labute approximate surface area is 159 Å². The summed E-state index contributed by atoms with van der Waals surface area (Å²) in [4.78, 5) is 25.5. The molecule has 7 heteroatoms. The van der Waals surface area contributed by atoms with Gasteiger partial charge in [0.25, 0.3) is 11.8 Å². The zero-order valence-electron chi connectivity index (χ0n) is 15.9. The van der Waals surface area contributed by atoms with Gasteiger partial charge >= 0.3 is 0 Å². The Kier molecular flexibility index (Phi) is 6.24. The molecule has 0 N–H and O–H groups in total. The lowest BCUT2D eigenvalue weighted by atomic mass is 10.2. The molecule has 1 aliphatic heterocycles. The van der Waals surface area contributed by atoms with Crippen LogP contribution in [0.4, 0.5) is 0 Å². The first-order valence-electron chi connectivity index (χ1n) is 9.43. The SMILES string of the molecule is CCCCOCC(=O)N1CCCN1C(=O)c1cnn(-c2ccccc2)c1C. The molecule has 0 spiro atoms. The topological polar surface area (TPSA) is 67.7 Å². The molecular weight excluding hydrogens is 344 g/mol. The van der Waals surface area contributed by atoms with Crippen molar-refractivity contribution >= 4 is 11.8 Å². The molecule has 0 radical (unpaired) electrons. The molecule has 0 saturated carbocycles. The van der Waals surface area contributed by atoms with E-state index in [4.69, 9.17) is 4.74 Å². The van der Waals surface area contributed by atoms with Gasteiger partial charge in [0, 0.05) is 19.7 Å². The molecular formula is C20H26N4O3. The van der Waals surface area contributed by atoms with E-state index in [1.54, 1.807) is 10.9 Å². The molecule has 3 rings (SSSR count). The van der Waals surface area contributed by atoms with Crippen LogP contribution in [0.15, 0.2) is 36.5 Å². The highest BCUT2D eigenvalue weighted by Crippen LogP contribution is 2.20. The monoisotopic (exact) mass is 370 g/mol. The molecule has 0 bridgehead atoms. The highest BCUT2D eigenvalue weighted by Gasteiger charge is 2.32. The number of hydrogen-bond donors (Lipinski definition) is 0. The van der Waals surface area contributed by atoms with Crippen LogP contribution in [-0.2, 0) is 9.53 Å². The fraction of sp³-hybridized carbons (Fsp3) is 0.450. The van der Waals surface area contributed by atoms with Crippen molar-refractivity contribution in [3.63, 3.8) is 0 Å². The Hall–Kier alpha value is -2.67. The van der Waals surface area contributed by atoms with Crippen molar-refractivity contribution in [1.82, 2.24) is 19.8 Å². The fourth-order valence-electron chi connectivity index (χ4n) is 3.15. The summed E-state index contributed by atoms with van der Waals surface area (Å²) in [6, 6.07) is 9.67. The molecule has 0 atom stereocenters. The molecule has 1 aliphatic rings. The van der Waals surface area contributed by atoms with Crippen LogP contribution in [0.5, 0.6) is 0 Å². The molecule has 1 aromatic heterocycles. The molecule has 2 amide bonds. The minimum Gasteiger partial charge on any atom is -0.372 e. The van der Waals surface area contributed by atoms with E-state index in [0.717, 1.165) is 30.6 Å². The van der Waals surface area contributed by atoms with E-state index in [1.807, 2.05) is 37.3 Å². The minimum atomic E-state index is -0.200. The number of hydrazine groups is 1. The molecule has 1 saturated heterocycles. The van der Waals surface area contributed by atoms with Gasteiger partial charge in [-0.2, -0.15) is 5.10 Å². The Bertz CT molecular complexity index is 788. The lowest BCUT2D eigenvalue weighted by Crippen LogP contribution is -2.46. The lowest BCUT2D eigenvalue weighted by molar-refractivity contribution is -0.145. The molecule has 27 heavy (non-hydrogen) atoms. The van der Waals surface area contributed by atoms with E-state index in [-0.39, 0.29) is 18.4 Å². The zero-order chi connectivity index (χ0) is 19.2. The summed E-state index contributed by atoms with van der Waals surface area (Å²) >= 11 is 0. The summed E-state index contributed by atoms with van der Waals surface area (Å²) < 4.78 is 7.16. The van der Waals surface area contributed by atoms with E-state index in [9.17, 15) is 9.59 Å². The fourth-order valence-corrected chi connectivity index (χ4v) is 3.15. The Morgan fingerprint density at radius 2 is 1.89 bits per heavy atom. The second-order valence-electron chi connectivity index (χ2n) is 6.60. The van der Waals surface area contributed by atoms with E-state index in [2.05, 4.69) is 12.0 Å². The highest BCUT2D eigenvalue weighted by atomic mass is 16.5. The first-order valence-corrected chi connectivity index (χ1v) is 9.43. The number of unbranched alkanes of at least 4 members (excludes halogenated alkanes) is 1. The molecule has 144 valence electrons. The number of rotatable bonds is 7. The molecule has 2 aromatic rings. The number of hydrogen-bond acceptors (Lipinski definition) is 4. The molecule has 1 fully saturated rings. The average Bonchev–Trinajstić information content (AvgIpc) is 3.32. The van der Waals surface area contributed by atoms with Crippen molar-refractivity contribution in [3.8, 4) is 5.69 Å². The Balaban J connectivity index is 1.71. The average molecular weight is 370 g/mol. The van der Waals surface area contributed by atoms with E-state index in [0.29, 0.717) is 25.3 Å². The van der Waals surface area contributed by atoms with Crippen molar-refractivity contribution in [2.24, 2.45) is 0 Å². The normalized spacial score (nSPS) is 14.0. The van der Waals surface area contributed by atoms with Crippen molar-refractivity contribution in [2.45, 2.75) is 33.1 Å². The quantitative estimate of drug-likeness (QED) is 0.703.